The first-order valence-electron chi connectivity index (χ1n) is 5.47. The van der Waals surface area contributed by atoms with Crippen LogP contribution in [-0.2, 0) is 14.8 Å². The molecule has 6 heteroatoms. The number of halogens is 1. The highest BCUT2D eigenvalue weighted by molar-refractivity contribution is 7.89. The molecule has 0 radical (unpaired) electrons. The molecule has 0 bridgehead atoms. The Morgan fingerprint density at radius 2 is 1.81 bits per heavy atom. The van der Waals surface area contributed by atoms with Gasteiger partial charge in [-0.25, -0.2) is 13.1 Å². The summed E-state index contributed by atoms with van der Waals surface area (Å²) >= 11 is 5.95. The van der Waals surface area contributed by atoms with E-state index in [1.165, 1.54) is 0 Å². The van der Waals surface area contributed by atoms with E-state index in [0.717, 1.165) is 0 Å². The first kappa shape index (κ1) is 16.2. The van der Waals surface area contributed by atoms with Gasteiger partial charge >= 0.3 is 0 Å². The molecule has 0 rings (SSSR count). The summed E-state index contributed by atoms with van der Waals surface area (Å²) in [7, 11) is -3.27. The van der Waals surface area contributed by atoms with Gasteiger partial charge in [0.05, 0.1) is 18.5 Å². The fraction of sp³-hybridized carbons (Fsp3) is 1.00. The molecule has 0 aromatic rings. The first-order valence-corrected chi connectivity index (χ1v) is 7.56. The van der Waals surface area contributed by atoms with Crippen LogP contribution < -0.4 is 4.72 Å². The van der Waals surface area contributed by atoms with Crippen molar-refractivity contribution in [1.82, 2.24) is 4.72 Å². The van der Waals surface area contributed by atoms with E-state index in [4.69, 9.17) is 16.3 Å². The third-order valence-electron chi connectivity index (χ3n) is 2.02. The number of sulfonamides is 1. The largest absolute Gasteiger partial charge is 0.378 e. The third kappa shape index (κ3) is 8.33. The van der Waals surface area contributed by atoms with Gasteiger partial charge in [0.1, 0.15) is 0 Å². The van der Waals surface area contributed by atoms with Crippen LogP contribution in [0.4, 0.5) is 0 Å². The van der Waals surface area contributed by atoms with Crippen molar-refractivity contribution in [3.8, 4) is 0 Å². The Hall–Kier alpha value is 0.160. The second-order valence-corrected chi connectivity index (χ2v) is 6.83. The van der Waals surface area contributed by atoms with Gasteiger partial charge in [0, 0.05) is 11.9 Å². The van der Waals surface area contributed by atoms with Crippen molar-refractivity contribution in [2.24, 2.45) is 5.92 Å². The Balaban J connectivity index is 3.88. The highest BCUT2D eigenvalue weighted by atomic mass is 35.5. The van der Waals surface area contributed by atoms with E-state index in [1.807, 2.05) is 27.7 Å². The van der Waals surface area contributed by atoms with Crippen molar-refractivity contribution in [2.75, 3.05) is 18.9 Å². The smallest absolute Gasteiger partial charge is 0.213 e. The molecule has 4 nitrogen and oxygen atoms in total. The summed E-state index contributed by atoms with van der Waals surface area (Å²) in [6, 6.07) is 0. The van der Waals surface area contributed by atoms with Gasteiger partial charge in [-0.2, -0.15) is 0 Å². The SMILES string of the molecule is CC(C)OCCS(=O)(=O)NCC(Cl)C(C)C. The van der Waals surface area contributed by atoms with E-state index in [-0.39, 0.29) is 36.3 Å². The monoisotopic (exact) mass is 271 g/mol. The summed E-state index contributed by atoms with van der Waals surface area (Å²) in [5.74, 6) is 0.226. The van der Waals surface area contributed by atoms with Gasteiger partial charge in [-0.3, -0.25) is 0 Å². The van der Waals surface area contributed by atoms with Crippen LogP contribution in [0.1, 0.15) is 27.7 Å². The fourth-order valence-electron chi connectivity index (χ4n) is 0.908. The van der Waals surface area contributed by atoms with Crippen LogP contribution in [0.25, 0.3) is 0 Å². The van der Waals surface area contributed by atoms with Crippen molar-refractivity contribution in [3.05, 3.63) is 0 Å². The summed E-state index contributed by atoms with van der Waals surface area (Å²) < 4.78 is 30.6. The molecule has 0 aliphatic carbocycles. The predicted molar refractivity (Wildman–Crippen MR) is 67.4 cm³/mol. The highest BCUT2D eigenvalue weighted by Crippen LogP contribution is 2.08. The maximum absolute atomic E-state index is 11.5. The molecule has 0 spiro atoms. The van der Waals surface area contributed by atoms with Crippen molar-refractivity contribution >= 4 is 21.6 Å². The lowest BCUT2D eigenvalue weighted by Crippen LogP contribution is -2.34. The molecule has 0 aromatic heterocycles. The van der Waals surface area contributed by atoms with Crippen LogP contribution in [-0.4, -0.2) is 38.8 Å². The predicted octanol–water partition coefficient (Wildman–Crippen LogP) is 1.59. The molecule has 1 unspecified atom stereocenters. The molecule has 0 fully saturated rings. The molecule has 1 N–H and O–H groups in total. The number of nitrogens with one attached hydrogen (secondary N) is 1. The maximum atomic E-state index is 11.5. The van der Waals surface area contributed by atoms with E-state index in [9.17, 15) is 8.42 Å². The second-order valence-electron chi connectivity index (χ2n) is 4.35. The average molecular weight is 272 g/mol. The lowest BCUT2D eigenvalue weighted by molar-refractivity contribution is 0.0911. The van der Waals surface area contributed by atoms with E-state index in [2.05, 4.69) is 4.72 Å². The minimum Gasteiger partial charge on any atom is -0.378 e. The van der Waals surface area contributed by atoms with Gasteiger partial charge in [-0.05, 0) is 19.8 Å². The molecule has 0 aliphatic heterocycles. The van der Waals surface area contributed by atoms with Crippen LogP contribution in [0.2, 0.25) is 0 Å². The van der Waals surface area contributed by atoms with Crippen molar-refractivity contribution in [2.45, 2.75) is 39.2 Å². The number of rotatable bonds is 8. The van der Waals surface area contributed by atoms with Crippen LogP contribution >= 0.6 is 11.6 Å². The molecule has 16 heavy (non-hydrogen) atoms. The summed E-state index contributed by atoms with van der Waals surface area (Å²) in [5.41, 5.74) is 0. The topological polar surface area (TPSA) is 55.4 Å². The van der Waals surface area contributed by atoms with Gasteiger partial charge in [0.2, 0.25) is 10.0 Å². The quantitative estimate of drug-likeness (QED) is 0.682. The molecule has 1 atom stereocenters. The normalized spacial score (nSPS) is 14.7. The Morgan fingerprint density at radius 3 is 2.25 bits per heavy atom. The van der Waals surface area contributed by atoms with E-state index >= 15 is 0 Å². The number of hydrogen-bond donors (Lipinski definition) is 1. The molecule has 98 valence electrons. The van der Waals surface area contributed by atoms with Crippen LogP contribution in [0.5, 0.6) is 0 Å². The summed E-state index contributed by atoms with van der Waals surface area (Å²) in [5, 5.41) is -0.180. The Morgan fingerprint density at radius 1 is 1.25 bits per heavy atom. The van der Waals surface area contributed by atoms with Gasteiger partial charge in [0.25, 0.3) is 0 Å². The molecule has 0 heterocycles. The average Bonchev–Trinajstić information content (AvgIpc) is 2.13. The van der Waals surface area contributed by atoms with Crippen LogP contribution in [0.3, 0.4) is 0 Å². The Bertz CT molecular complexity index is 278. The van der Waals surface area contributed by atoms with Gasteiger partial charge in [-0.15, -0.1) is 11.6 Å². The van der Waals surface area contributed by atoms with Gasteiger partial charge in [-0.1, -0.05) is 13.8 Å². The van der Waals surface area contributed by atoms with Crippen LogP contribution in [0, 0.1) is 5.92 Å². The zero-order valence-electron chi connectivity index (χ0n) is 10.4. The molecular weight excluding hydrogens is 250 g/mol. The van der Waals surface area contributed by atoms with Gasteiger partial charge < -0.3 is 4.74 Å². The zero-order chi connectivity index (χ0) is 12.8. The lowest BCUT2D eigenvalue weighted by Gasteiger charge is -2.14. The molecule has 0 aliphatic rings. The maximum Gasteiger partial charge on any atom is 0.213 e. The van der Waals surface area contributed by atoms with E-state index in [1.54, 1.807) is 0 Å². The highest BCUT2D eigenvalue weighted by Gasteiger charge is 2.15. The summed E-state index contributed by atoms with van der Waals surface area (Å²) in [6.45, 7) is 8.12. The number of ether oxygens (including phenoxy) is 1. The van der Waals surface area contributed by atoms with Crippen molar-refractivity contribution < 1.29 is 13.2 Å². The zero-order valence-corrected chi connectivity index (χ0v) is 11.9. The van der Waals surface area contributed by atoms with Crippen LogP contribution in [0.15, 0.2) is 0 Å². The summed E-state index contributed by atoms with van der Waals surface area (Å²) in [6.07, 6.45) is 0.0478. The number of hydrogen-bond acceptors (Lipinski definition) is 3. The van der Waals surface area contributed by atoms with E-state index in [0.29, 0.717) is 0 Å². The lowest BCUT2D eigenvalue weighted by atomic mass is 10.1. The minimum absolute atomic E-state index is 0.0209. The summed E-state index contributed by atoms with van der Waals surface area (Å²) in [4.78, 5) is 0. The molecular formula is C10H22ClNO3S. The van der Waals surface area contributed by atoms with E-state index < -0.39 is 10.0 Å². The molecule has 0 saturated carbocycles. The third-order valence-corrected chi connectivity index (χ3v) is 3.99. The standard InChI is InChI=1S/C10H22ClNO3S/c1-8(2)10(11)7-12-16(13,14)6-5-15-9(3)4/h8-10,12H,5-7H2,1-4H3. The Kier molecular flexibility index (Phi) is 7.55. The molecule has 0 amide bonds. The minimum atomic E-state index is -3.27. The first-order chi connectivity index (χ1) is 7.24. The molecule has 0 saturated heterocycles. The second kappa shape index (κ2) is 7.48. The Labute approximate surface area is 104 Å². The van der Waals surface area contributed by atoms with Gasteiger partial charge in [0.15, 0.2) is 0 Å². The number of alkyl halides is 1. The fourth-order valence-corrected chi connectivity index (χ4v) is 1.97. The molecule has 0 aromatic carbocycles. The van der Waals surface area contributed by atoms with Crippen molar-refractivity contribution in [3.63, 3.8) is 0 Å². The van der Waals surface area contributed by atoms with Crippen molar-refractivity contribution in [1.29, 1.82) is 0 Å².